The molecule has 0 saturated heterocycles. The van der Waals surface area contributed by atoms with Gasteiger partial charge in [-0.2, -0.15) is 0 Å². The quantitative estimate of drug-likeness (QED) is 0.849. The lowest BCUT2D eigenvalue weighted by Crippen LogP contribution is -2.14. The van der Waals surface area contributed by atoms with Gasteiger partial charge in [0.05, 0.1) is 10.0 Å². The normalized spacial score (nSPS) is 10.2. The van der Waals surface area contributed by atoms with Crippen LogP contribution in [-0.4, -0.2) is 10.9 Å². The Balaban J connectivity index is 2.25. The summed E-state index contributed by atoms with van der Waals surface area (Å²) in [5.41, 5.74) is 0.191. The predicted octanol–water partition coefficient (Wildman–Crippen LogP) is 3.89. The number of pyridine rings is 1. The van der Waals surface area contributed by atoms with Crippen LogP contribution in [0.1, 0.15) is 10.4 Å². The number of carbonyl (C=O) groups excluding carboxylic acids is 1. The molecule has 92 valence electrons. The van der Waals surface area contributed by atoms with E-state index in [4.69, 9.17) is 11.6 Å². The maximum atomic E-state index is 13.3. The van der Waals surface area contributed by atoms with Gasteiger partial charge >= 0.3 is 0 Å². The summed E-state index contributed by atoms with van der Waals surface area (Å²) in [7, 11) is 0. The fourth-order valence-electron chi connectivity index (χ4n) is 1.34. The van der Waals surface area contributed by atoms with Gasteiger partial charge in [-0.05, 0) is 40.2 Å². The highest BCUT2D eigenvalue weighted by molar-refractivity contribution is 9.10. The molecule has 6 heteroatoms. The van der Waals surface area contributed by atoms with E-state index in [2.05, 4.69) is 26.2 Å². The number of amides is 1. The van der Waals surface area contributed by atoms with Crippen molar-refractivity contribution in [2.45, 2.75) is 0 Å². The molecule has 3 nitrogen and oxygen atoms in total. The molecule has 1 N–H and O–H groups in total. The average Bonchev–Trinajstić information content (AvgIpc) is 2.32. The third-order valence-electron chi connectivity index (χ3n) is 2.15. The summed E-state index contributed by atoms with van der Waals surface area (Å²) in [6.45, 7) is 0. The molecule has 1 amide bonds. The zero-order valence-electron chi connectivity index (χ0n) is 8.95. The summed E-state index contributed by atoms with van der Waals surface area (Å²) in [4.78, 5) is 15.8. The molecule has 0 saturated carbocycles. The number of aromatic nitrogens is 1. The van der Waals surface area contributed by atoms with Crippen molar-refractivity contribution in [3.63, 3.8) is 0 Å². The Hall–Kier alpha value is -1.46. The van der Waals surface area contributed by atoms with Crippen LogP contribution in [0.15, 0.2) is 40.9 Å². The fraction of sp³-hybridized carbons (Fsp3) is 0. The minimum Gasteiger partial charge on any atom is -0.306 e. The lowest BCUT2D eigenvalue weighted by Gasteiger charge is -2.06. The number of halogens is 3. The number of nitrogens with one attached hydrogen (secondary N) is 1. The molecule has 1 aromatic carbocycles. The first-order chi connectivity index (χ1) is 8.58. The van der Waals surface area contributed by atoms with Crippen molar-refractivity contribution in [3.8, 4) is 0 Å². The largest absolute Gasteiger partial charge is 0.306 e. The SMILES string of the molecule is O=C(Nc1cccc(Cl)n1)c1cccc(F)c1Br. The molecule has 0 aliphatic rings. The maximum absolute atomic E-state index is 13.3. The molecule has 0 spiro atoms. The topological polar surface area (TPSA) is 42.0 Å². The summed E-state index contributed by atoms with van der Waals surface area (Å²) in [6, 6.07) is 9.07. The summed E-state index contributed by atoms with van der Waals surface area (Å²) >= 11 is 8.73. The molecule has 18 heavy (non-hydrogen) atoms. The first-order valence-electron chi connectivity index (χ1n) is 4.96. The van der Waals surface area contributed by atoms with Crippen LogP contribution in [0.2, 0.25) is 5.15 Å². The Morgan fingerprint density at radius 1 is 1.28 bits per heavy atom. The predicted molar refractivity (Wildman–Crippen MR) is 71.3 cm³/mol. The van der Waals surface area contributed by atoms with Crippen LogP contribution in [0.5, 0.6) is 0 Å². The Morgan fingerprint density at radius 3 is 2.72 bits per heavy atom. The van der Waals surface area contributed by atoms with Crippen molar-refractivity contribution in [2.75, 3.05) is 5.32 Å². The van der Waals surface area contributed by atoms with E-state index in [1.807, 2.05) is 0 Å². The van der Waals surface area contributed by atoms with Crippen LogP contribution in [0.4, 0.5) is 10.2 Å². The first-order valence-corrected chi connectivity index (χ1v) is 6.13. The molecule has 2 aromatic rings. The molecule has 1 heterocycles. The Kier molecular flexibility index (Phi) is 3.93. The van der Waals surface area contributed by atoms with Gasteiger partial charge in [0.25, 0.3) is 5.91 Å². The lowest BCUT2D eigenvalue weighted by molar-refractivity contribution is 0.102. The zero-order valence-corrected chi connectivity index (χ0v) is 11.3. The highest BCUT2D eigenvalue weighted by atomic mass is 79.9. The molecule has 1 aromatic heterocycles. The zero-order chi connectivity index (χ0) is 13.1. The van der Waals surface area contributed by atoms with Crippen LogP contribution in [0, 0.1) is 5.82 Å². The molecule has 0 aliphatic heterocycles. The molecular formula is C12H7BrClFN2O. The Labute approximate surface area is 116 Å². The van der Waals surface area contributed by atoms with Gasteiger partial charge in [-0.15, -0.1) is 0 Å². The second kappa shape index (κ2) is 5.46. The van der Waals surface area contributed by atoms with Gasteiger partial charge in [-0.1, -0.05) is 23.7 Å². The summed E-state index contributed by atoms with van der Waals surface area (Å²) in [5, 5.41) is 2.81. The summed E-state index contributed by atoms with van der Waals surface area (Å²) in [6.07, 6.45) is 0. The highest BCUT2D eigenvalue weighted by Crippen LogP contribution is 2.21. The van der Waals surface area contributed by atoms with Crippen molar-refractivity contribution in [1.29, 1.82) is 0 Å². The molecular weight excluding hydrogens is 322 g/mol. The number of hydrogen-bond donors (Lipinski definition) is 1. The van der Waals surface area contributed by atoms with Gasteiger partial charge in [-0.3, -0.25) is 4.79 Å². The number of nitrogens with zero attached hydrogens (tertiary/aromatic N) is 1. The van der Waals surface area contributed by atoms with Crippen molar-refractivity contribution in [1.82, 2.24) is 4.98 Å². The van der Waals surface area contributed by atoms with Crippen LogP contribution in [-0.2, 0) is 0 Å². The van der Waals surface area contributed by atoms with Gasteiger partial charge in [0.15, 0.2) is 0 Å². The van der Waals surface area contributed by atoms with Gasteiger partial charge in [0.2, 0.25) is 0 Å². The molecule has 0 bridgehead atoms. The van der Waals surface area contributed by atoms with Crippen LogP contribution >= 0.6 is 27.5 Å². The number of anilines is 1. The van der Waals surface area contributed by atoms with Crippen molar-refractivity contribution in [3.05, 3.63) is 57.4 Å². The third-order valence-corrected chi connectivity index (χ3v) is 3.17. The summed E-state index contributed by atoms with van der Waals surface area (Å²) < 4.78 is 13.4. The van der Waals surface area contributed by atoms with Crippen LogP contribution in [0.25, 0.3) is 0 Å². The van der Waals surface area contributed by atoms with E-state index >= 15 is 0 Å². The van der Waals surface area contributed by atoms with E-state index in [1.54, 1.807) is 18.2 Å². The molecule has 0 radical (unpaired) electrons. The van der Waals surface area contributed by atoms with Gasteiger partial charge in [0.1, 0.15) is 16.8 Å². The molecule has 2 rings (SSSR count). The maximum Gasteiger partial charge on any atom is 0.258 e. The standard InChI is InChI=1S/C12H7BrClFN2O/c13-11-7(3-1-4-8(11)15)12(18)17-10-6-2-5-9(14)16-10/h1-6H,(H,16,17,18). The minimum absolute atomic E-state index is 0.115. The van der Waals surface area contributed by atoms with E-state index in [9.17, 15) is 9.18 Å². The van der Waals surface area contributed by atoms with Crippen molar-refractivity contribution in [2.24, 2.45) is 0 Å². The lowest BCUT2D eigenvalue weighted by atomic mass is 10.2. The number of carbonyl (C=O) groups is 1. The number of rotatable bonds is 2. The third kappa shape index (κ3) is 2.86. The van der Waals surface area contributed by atoms with Gasteiger partial charge in [-0.25, -0.2) is 9.37 Å². The molecule has 0 unspecified atom stereocenters. The van der Waals surface area contributed by atoms with E-state index in [0.29, 0.717) is 5.82 Å². The fourth-order valence-corrected chi connectivity index (χ4v) is 1.95. The summed E-state index contributed by atoms with van der Waals surface area (Å²) in [5.74, 6) is -0.651. The first kappa shape index (κ1) is 13.0. The van der Waals surface area contributed by atoms with Crippen molar-refractivity contribution < 1.29 is 9.18 Å². The minimum atomic E-state index is -0.498. The van der Waals surface area contributed by atoms with E-state index in [1.165, 1.54) is 18.2 Å². The van der Waals surface area contributed by atoms with Crippen molar-refractivity contribution >= 4 is 39.3 Å². The molecule has 0 aliphatic carbocycles. The number of benzene rings is 1. The Morgan fingerprint density at radius 2 is 2.00 bits per heavy atom. The van der Waals surface area contributed by atoms with E-state index in [-0.39, 0.29) is 15.2 Å². The highest BCUT2D eigenvalue weighted by Gasteiger charge is 2.13. The van der Waals surface area contributed by atoms with Crippen LogP contribution < -0.4 is 5.32 Å². The van der Waals surface area contributed by atoms with E-state index < -0.39 is 11.7 Å². The average molecular weight is 330 g/mol. The van der Waals surface area contributed by atoms with Crippen LogP contribution in [0.3, 0.4) is 0 Å². The molecule has 0 fully saturated rings. The second-order valence-electron chi connectivity index (χ2n) is 3.40. The number of hydrogen-bond acceptors (Lipinski definition) is 2. The molecule has 0 atom stereocenters. The smallest absolute Gasteiger partial charge is 0.258 e. The Bertz CT molecular complexity index is 606. The van der Waals surface area contributed by atoms with E-state index in [0.717, 1.165) is 0 Å². The monoisotopic (exact) mass is 328 g/mol. The second-order valence-corrected chi connectivity index (χ2v) is 4.58. The van der Waals surface area contributed by atoms with Gasteiger partial charge < -0.3 is 5.32 Å². The van der Waals surface area contributed by atoms with Gasteiger partial charge in [0, 0.05) is 0 Å².